The summed E-state index contributed by atoms with van der Waals surface area (Å²) in [6.07, 6.45) is 4.48. The molecule has 116 valence electrons. The Kier molecular flexibility index (Phi) is 5.53. The van der Waals surface area contributed by atoms with Gasteiger partial charge >= 0.3 is 0 Å². The number of rotatable bonds is 5. The molecule has 2 rings (SSSR count). The summed E-state index contributed by atoms with van der Waals surface area (Å²) in [6, 6.07) is 1.76. The Morgan fingerprint density at radius 1 is 1.48 bits per heavy atom. The van der Waals surface area contributed by atoms with Crippen molar-refractivity contribution in [3.63, 3.8) is 0 Å². The summed E-state index contributed by atoms with van der Waals surface area (Å²) in [5.41, 5.74) is 1.32. The molecule has 1 unspecified atom stereocenters. The van der Waals surface area contributed by atoms with Crippen molar-refractivity contribution in [2.45, 2.75) is 46.5 Å². The second kappa shape index (κ2) is 7.38. The molecule has 1 aromatic heterocycles. The molecule has 0 radical (unpaired) electrons. The topological polar surface area (TPSA) is 58.1 Å². The highest BCUT2D eigenvalue weighted by Crippen LogP contribution is 2.20. The maximum absolute atomic E-state index is 12.2. The summed E-state index contributed by atoms with van der Waals surface area (Å²) in [5, 5.41) is 2.92. The standard InChI is InChI=1S/C16H26N4O/c1-4-5-8-17-15(21)14-10-13(3)18-16(19-14)20-9-6-7-12(2)11-20/h10,12H,4-9,11H2,1-3H3,(H,17,21). The molecular formula is C16H26N4O. The predicted molar refractivity (Wildman–Crippen MR) is 84.6 cm³/mol. The molecule has 0 aliphatic carbocycles. The quantitative estimate of drug-likeness (QED) is 0.847. The van der Waals surface area contributed by atoms with Crippen LogP contribution in [0.25, 0.3) is 0 Å². The zero-order chi connectivity index (χ0) is 15.2. The highest BCUT2D eigenvalue weighted by Gasteiger charge is 2.20. The molecule has 0 aromatic carbocycles. The fraction of sp³-hybridized carbons (Fsp3) is 0.688. The first kappa shape index (κ1) is 15.7. The molecule has 1 N–H and O–H groups in total. The van der Waals surface area contributed by atoms with E-state index < -0.39 is 0 Å². The van der Waals surface area contributed by atoms with E-state index >= 15 is 0 Å². The number of nitrogens with zero attached hydrogens (tertiary/aromatic N) is 3. The zero-order valence-corrected chi connectivity index (χ0v) is 13.4. The van der Waals surface area contributed by atoms with Crippen molar-refractivity contribution in [2.75, 3.05) is 24.5 Å². The smallest absolute Gasteiger partial charge is 0.270 e. The van der Waals surface area contributed by atoms with Crippen LogP contribution in [-0.4, -0.2) is 35.5 Å². The van der Waals surface area contributed by atoms with E-state index in [2.05, 4.69) is 34.0 Å². The monoisotopic (exact) mass is 290 g/mol. The minimum absolute atomic E-state index is 0.0970. The third-order valence-corrected chi connectivity index (χ3v) is 3.83. The minimum atomic E-state index is -0.0970. The molecule has 1 atom stereocenters. The summed E-state index contributed by atoms with van der Waals surface area (Å²) in [4.78, 5) is 23.3. The van der Waals surface area contributed by atoms with Crippen molar-refractivity contribution in [3.05, 3.63) is 17.5 Å². The van der Waals surface area contributed by atoms with E-state index in [1.807, 2.05) is 6.92 Å². The van der Waals surface area contributed by atoms with E-state index in [1.165, 1.54) is 6.42 Å². The van der Waals surface area contributed by atoms with Gasteiger partial charge in [-0.15, -0.1) is 0 Å². The van der Waals surface area contributed by atoms with Crippen LogP contribution in [-0.2, 0) is 0 Å². The number of nitrogens with one attached hydrogen (secondary N) is 1. The Morgan fingerprint density at radius 3 is 3.00 bits per heavy atom. The number of amides is 1. The maximum Gasteiger partial charge on any atom is 0.270 e. The molecule has 0 spiro atoms. The zero-order valence-electron chi connectivity index (χ0n) is 13.4. The van der Waals surface area contributed by atoms with Gasteiger partial charge in [0.2, 0.25) is 5.95 Å². The molecule has 0 bridgehead atoms. The minimum Gasteiger partial charge on any atom is -0.351 e. The fourth-order valence-electron chi connectivity index (χ4n) is 2.65. The van der Waals surface area contributed by atoms with Gasteiger partial charge in [-0.2, -0.15) is 0 Å². The number of piperidine rings is 1. The third-order valence-electron chi connectivity index (χ3n) is 3.83. The van der Waals surface area contributed by atoms with Gasteiger partial charge in [0.15, 0.2) is 0 Å². The molecule has 1 saturated heterocycles. The van der Waals surface area contributed by atoms with Crippen molar-refractivity contribution >= 4 is 11.9 Å². The molecule has 2 heterocycles. The number of aromatic nitrogens is 2. The average Bonchev–Trinajstić information content (AvgIpc) is 2.47. The number of carbonyl (C=O) groups excluding carboxylic acids is 1. The second-order valence-electron chi connectivity index (χ2n) is 6.00. The molecule has 1 aliphatic heterocycles. The predicted octanol–water partition coefficient (Wildman–Crippen LogP) is 2.55. The molecule has 5 heteroatoms. The number of aryl methyl sites for hydroxylation is 1. The van der Waals surface area contributed by atoms with E-state index in [9.17, 15) is 4.79 Å². The van der Waals surface area contributed by atoms with E-state index in [0.29, 0.717) is 24.1 Å². The summed E-state index contributed by atoms with van der Waals surface area (Å²) >= 11 is 0. The fourth-order valence-corrected chi connectivity index (χ4v) is 2.65. The molecular weight excluding hydrogens is 264 g/mol. The van der Waals surface area contributed by atoms with Crippen molar-refractivity contribution in [3.8, 4) is 0 Å². The van der Waals surface area contributed by atoms with Gasteiger partial charge in [0.05, 0.1) is 0 Å². The van der Waals surface area contributed by atoms with Gasteiger partial charge in [-0.1, -0.05) is 20.3 Å². The first-order valence-corrected chi connectivity index (χ1v) is 7.99. The van der Waals surface area contributed by atoms with Gasteiger partial charge in [-0.05, 0) is 38.2 Å². The van der Waals surface area contributed by atoms with Crippen LogP contribution in [0.1, 0.15) is 55.7 Å². The number of hydrogen-bond acceptors (Lipinski definition) is 4. The molecule has 0 saturated carbocycles. The molecule has 1 aromatic rings. The van der Waals surface area contributed by atoms with Gasteiger partial charge < -0.3 is 10.2 Å². The van der Waals surface area contributed by atoms with E-state index in [1.54, 1.807) is 6.07 Å². The largest absolute Gasteiger partial charge is 0.351 e. The number of carbonyl (C=O) groups is 1. The summed E-state index contributed by atoms with van der Waals surface area (Å²) in [7, 11) is 0. The van der Waals surface area contributed by atoms with Crippen molar-refractivity contribution in [1.82, 2.24) is 15.3 Å². The first-order chi connectivity index (χ1) is 10.1. The average molecular weight is 290 g/mol. The summed E-state index contributed by atoms with van der Waals surface area (Å²) in [5.74, 6) is 1.26. The third kappa shape index (κ3) is 4.41. The van der Waals surface area contributed by atoms with Gasteiger partial charge in [0, 0.05) is 25.3 Å². The van der Waals surface area contributed by atoms with Gasteiger partial charge in [-0.3, -0.25) is 4.79 Å². The van der Waals surface area contributed by atoms with Crippen LogP contribution in [0.5, 0.6) is 0 Å². The lowest BCUT2D eigenvalue weighted by Crippen LogP contribution is -2.36. The lowest BCUT2D eigenvalue weighted by Gasteiger charge is -2.31. The van der Waals surface area contributed by atoms with Gasteiger partial charge in [0.25, 0.3) is 5.91 Å². The normalized spacial score (nSPS) is 18.6. The molecule has 1 amide bonds. The van der Waals surface area contributed by atoms with Crippen LogP contribution < -0.4 is 10.2 Å². The van der Waals surface area contributed by atoms with Crippen molar-refractivity contribution in [1.29, 1.82) is 0 Å². The molecule has 21 heavy (non-hydrogen) atoms. The second-order valence-corrected chi connectivity index (χ2v) is 6.00. The number of anilines is 1. The van der Waals surface area contributed by atoms with E-state index in [-0.39, 0.29) is 5.91 Å². The van der Waals surface area contributed by atoms with E-state index in [0.717, 1.165) is 38.0 Å². The Hall–Kier alpha value is -1.65. The van der Waals surface area contributed by atoms with Crippen molar-refractivity contribution in [2.24, 2.45) is 5.92 Å². The Labute approximate surface area is 127 Å². The van der Waals surface area contributed by atoms with Crippen LogP contribution in [0.15, 0.2) is 6.07 Å². The van der Waals surface area contributed by atoms with Crippen LogP contribution in [0.2, 0.25) is 0 Å². The van der Waals surface area contributed by atoms with E-state index in [4.69, 9.17) is 0 Å². The highest BCUT2D eigenvalue weighted by atomic mass is 16.1. The van der Waals surface area contributed by atoms with Crippen LogP contribution >= 0.6 is 0 Å². The lowest BCUT2D eigenvalue weighted by atomic mass is 10.0. The summed E-state index contributed by atoms with van der Waals surface area (Å²) in [6.45, 7) is 8.93. The Bertz CT molecular complexity index is 489. The molecule has 1 aliphatic rings. The maximum atomic E-state index is 12.2. The molecule has 1 fully saturated rings. The molecule has 5 nitrogen and oxygen atoms in total. The summed E-state index contributed by atoms with van der Waals surface area (Å²) < 4.78 is 0. The van der Waals surface area contributed by atoms with Crippen LogP contribution in [0.3, 0.4) is 0 Å². The van der Waals surface area contributed by atoms with Gasteiger partial charge in [0.1, 0.15) is 5.69 Å². The Balaban J connectivity index is 2.11. The Morgan fingerprint density at radius 2 is 2.29 bits per heavy atom. The lowest BCUT2D eigenvalue weighted by molar-refractivity contribution is 0.0948. The van der Waals surface area contributed by atoms with Gasteiger partial charge in [-0.25, -0.2) is 9.97 Å². The van der Waals surface area contributed by atoms with Crippen LogP contribution in [0, 0.1) is 12.8 Å². The van der Waals surface area contributed by atoms with Crippen molar-refractivity contribution < 1.29 is 4.79 Å². The number of hydrogen-bond donors (Lipinski definition) is 1. The first-order valence-electron chi connectivity index (χ1n) is 7.99. The number of unbranched alkanes of at least 4 members (excludes halogenated alkanes) is 1. The SMILES string of the molecule is CCCCNC(=O)c1cc(C)nc(N2CCCC(C)C2)n1. The van der Waals surface area contributed by atoms with Crippen LogP contribution in [0.4, 0.5) is 5.95 Å². The highest BCUT2D eigenvalue weighted by molar-refractivity contribution is 5.92.